The van der Waals surface area contributed by atoms with Gasteiger partial charge in [-0.15, -0.1) is 10.2 Å². The van der Waals surface area contributed by atoms with Gasteiger partial charge in [0.15, 0.2) is 15.9 Å². The zero-order chi connectivity index (χ0) is 24.7. The van der Waals surface area contributed by atoms with Crippen LogP contribution in [-0.2, 0) is 15.3 Å². The van der Waals surface area contributed by atoms with Crippen LogP contribution in [0.3, 0.4) is 0 Å². The maximum atomic E-state index is 15.4. The van der Waals surface area contributed by atoms with E-state index < -0.39 is 17.5 Å². The van der Waals surface area contributed by atoms with Gasteiger partial charge in [0.25, 0.3) is 0 Å². The Morgan fingerprint density at radius 1 is 1.26 bits per heavy atom. The highest BCUT2D eigenvalue weighted by atomic mass is 32.2. The van der Waals surface area contributed by atoms with E-state index in [1.807, 2.05) is 0 Å². The van der Waals surface area contributed by atoms with Crippen molar-refractivity contribution in [2.24, 2.45) is 0 Å². The molecule has 2 aromatic heterocycles. The van der Waals surface area contributed by atoms with E-state index in [4.69, 9.17) is 9.47 Å². The first-order valence-electron chi connectivity index (χ1n) is 10.3. The van der Waals surface area contributed by atoms with Crippen molar-refractivity contribution in [3.8, 4) is 11.4 Å². The van der Waals surface area contributed by atoms with E-state index in [0.717, 1.165) is 0 Å². The summed E-state index contributed by atoms with van der Waals surface area (Å²) in [5.41, 5.74) is 0.260. The first-order chi connectivity index (χ1) is 16.1. The molecule has 2 heterocycles. The van der Waals surface area contributed by atoms with Gasteiger partial charge in [0.05, 0.1) is 18.6 Å². The minimum absolute atomic E-state index is 0.0344. The van der Waals surface area contributed by atoms with Gasteiger partial charge in [0.1, 0.15) is 12.2 Å². The molecule has 0 saturated heterocycles. The molecular weight excluding hydrogens is 483 g/mol. The zero-order valence-corrected chi connectivity index (χ0v) is 20.8. The monoisotopic (exact) mass is 508 g/mol. The van der Waals surface area contributed by atoms with Gasteiger partial charge in [-0.3, -0.25) is 4.79 Å². The van der Waals surface area contributed by atoms with Gasteiger partial charge in [-0.25, -0.2) is 14.2 Å². The number of imidazole rings is 1. The number of halogens is 1. The van der Waals surface area contributed by atoms with E-state index in [2.05, 4.69) is 25.8 Å². The molecule has 3 aromatic rings. The van der Waals surface area contributed by atoms with Crippen molar-refractivity contribution < 1.29 is 23.5 Å². The molecule has 0 unspecified atom stereocenters. The number of benzene rings is 1. The highest BCUT2D eigenvalue weighted by Gasteiger charge is 2.19. The molecule has 34 heavy (non-hydrogen) atoms. The molecule has 0 aliphatic carbocycles. The molecule has 2 amide bonds. The Hall–Kier alpha value is -3.19. The third kappa shape index (κ3) is 7.42. The molecule has 3 rings (SSSR count). The maximum Gasteiger partial charge on any atom is 0.407 e. The van der Waals surface area contributed by atoms with Crippen LogP contribution in [0.5, 0.6) is 5.75 Å². The summed E-state index contributed by atoms with van der Waals surface area (Å²) in [6, 6.07) is 3.40. The summed E-state index contributed by atoms with van der Waals surface area (Å²) in [6.07, 6.45) is 4.10. The van der Waals surface area contributed by atoms with E-state index in [1.165, 1.54) is 36.3 Å². The number of anilines is 1. The summed E-state index contributed by atoms with van der Waals surface area (Å²) in [7, 11) is 0. The second-order valence-corrected chi connectivity index (χ2v) is 10.2. The Kier molecular flexibility index (Phi) is 8.45. The Balaban J connectivity index is 1.71. The fourth-order valence-electron chi connectivity index (χ4n) is 2.69. The lowest BCUT2D eigenvalue weighted by molar-refractivity contribution is -0.114. The van der Waals surface area contributed by atoms with Crippen LogP contribution in [0.4, 0.5) is 14.3 Å². The van der Waals surface area contributed by atoms with Crippen molar-refractivity contribution in [1.29, 1.82) is 0 Å². The first kappa shape index (κ1) is 25.4. The summed E-state index contributed by atoms with van der Waals surface area (Å²) in [5, 5.41) is 13.5. The maximum absolute atomic E-state index is 15.4. The van der Waals surface area contributed by atoms with E-state index in [1.54, 1.807) is 49.9 Å². The Morgan fingerprint density at radius 3 is 2.74 bits per heavy atom. The highest BCUT2D eigenvalue weighted by Crippen LogP contribution is 2.34. The van der Waals surface area contributed by atoms with Gasteiger partial charge in [-0.2, -0.15) is 0 Å². The molecule has 0 saturated carbocycles. The lowest BCUT2D eigenvalue weighted by atomic mass is 10.2. The lowest BCUT2D eigenvalue weighted by Crippen LogP contribution is -2.34. The number of amides is 2. The minimum atomic E-state index is -0.620. The van der Waals surface area contributed by atoms with Crippen molar-refractivity contribution in [3.63, 3.8) is 0 Å². The largest absolute Gasteiger partial charge is 0.488 e. The number of ether oxygens (including phenoxy) is 2. The van der Waals surface area contributed by atoms with Crippen LogP contribution >= 0.6 is 23.1 Å². The smallest absolute Gasteiger partial charge is 0.407 e. The number of hydrogen-bond acceptors (Lipinski definition) is 9. The predicted molar refractivity (Wildman–Crippen MR) is 127 cm³/mol. The summed E-state index contributed by atoms with van der Waals surface area (Å²) in [5.74, 6) is -0.369. The Morgan fingerprint density at radius 2 is 2.06 bits per heavy atom. The molecule has 182 valence electrons. The molecule has 0 aliphatic rings. The van der Waals surface area contributed by atoms with Gasteiger partial charge in [-0.05, 0) is 26.8 Å². The van der Waals surface area contributed by atoms with E-state index in [9.17, 15) is 9.59 Å². The fraction of sp³-hybridized carbons (Fsp3) is 0.381. The number of aromatic nitrogens is 4. The standard InChI is InChI=1S/C21H25FN6O4S2/c1-13(29)25-18-26-27-20(34-18)33-11-14-5-6-15(28-9-7-23-12-28)16(22)17(14)31-10-8-24-19(30)32-21(2,3)4/h5-7,9,12H,8,10-11H2,1-4H3,(H,24,30)(H,25,26,29). The number of carbonyl (C=O) groups is 2. The number of alkyl carbamates (subject to hydrolysis) is 1. The lowest BCUT2D eigenvalue weighted by Gasteiger charge is -2.20. The van der Waals surface area contributed by atoms with Crippen molar-refractivity contribution in [2.75, 3.05) is 18.5 Å². The van der Waals surface area contributed by atoms with Crippen LogP contribution in [0.1, 0.15) is 33.3 Å². The zero-order valence-electron chi connectivity index (χ0n) is 19.1. The van der Waals surface area contributed by atoms with E-state index in [-0.39, 0.29) is 30.5 Å². The van der Waals surface area contributed by atoms with Crippen molar-refractivity contribution in [3.05, 3.63) is 42.2 Å². The van der Waals surface area contributed by atoms with Crippen LogP contribution in [0.2, 0.25) is 0 Å². The molecule has 0 atom stereocenters. The second kappa shape index (κ2) is 11.3. The summed E-state index contributed by atoms with van der Waals surface area (Å²) >= 11 is 2.56. The molecular formula is C21H25FN6O4S2. The minimum Gasteiger partial charge on any atom is -0.488 e. The van der Waals surface area contributed by atoms with Gasteiger partial charge in [0.2, 0.25) is 11.0 Å². The van der Waals surface area contributed by atoms with Crippen molar-refractivity contribution in [2.45, 2.75) is 43.4 Å². The fourth-order valence-corrected chi connectivity index (χ4v) is 4.46. The highest BCUT2D eigenvalue weighted by molar-refractivity contribution is 8.00. The average Bonchev–Trinajstić information content (AvgIpc) is 3.41. The number of carbonyl (C=O) groups excluding carboxylic acids is 2. The van der Waals surface area contributed by atoms with Gasteiger partial charge >= 0.3 is 6.09 Å². The molecule has 0 bridgehead atoms. The number of thioether (sulfide) groups is 1. The van der Waals surface area contributed by atoms with Crippen LogP contribution in [0.15, 0.2) is 35.2 Å². The quantitative estimate of drug-likeness (QED) is 0.253. The molecule has 2 N–H and O–H groups in total. The van der Waals surface area contributed by atoms with Gasteiger partial charge < -0.3 is 24.7 Å². The number of hydrogen-bond donors (Lipinski definition) is 2. The van der Waals surface area contributed by atoms with Gasteiger partial charge in [-0.1, -0.05) is 29.2 Å². The van der Waals surface area contributed by atoms with E-state index in [0.29, 0.717) is 20.8 Å². The topological polar surface area (TPSA) is 120 Å². The van der Waals surface area contributed by atoms with E-state index >= 15 is 4.39 Å². The predicted octanol–water partition coefficient (Wildman–Crippen LogP) is 4.02. The van der Waals surface area contributed by atoms with Crippen molar-refractivity contribution in [1.82, 2.24) is 25.1 Å². The number of nitrogens with one attached hydrogen (secondary N) is 2. The molecule has 13 heteroatoms. The number of rotatable bonds is 9. The van der Waals surface area contributed by atoms with Gasteiger partial charge in [0, 0.05) is 30.6 Å². The summed E-state index contributed by atoms with van der Waals surface area (Å²) in [4.78, 5) is 27.0. The third-order valence-corrected chi connectivity index (χ3v) is 6.02. The molecule has 0 spiro atoms. The molecule has 10 nitrogen and oxygen atoms in total. The molecule has 0 fully saturated rings. The molecule has 0 radical (unpaired) electrons. The first-order valence-corrected chi connectivity index (χ1v) is 12.1. The Bertz CT molecular complexity index is 1130. The average molecular weight is 509 g/mol. The molecule has 1 aromatic carbocycles. The molecule has 0 aliphatic heterocycles. The normalized spacial score (nSPS) is 11.2. The summed E-state index contributed by atoms with van der Waals surface area (Å²) < 4.78 is 28.5. The second-order valence-electron chi connectivity index (χ2n) is 7.98. The van der Waals surface area contributed by atoms with Crippen LogP contribution in [0, 0.1) is 5.82 Å². The number of nitrogens with zero attached hydrogens (tertiary/aromatic N) is 4. The van der Waals surface area contributed by atoms with Crippen LogP contribution < -0.4 is 15.4 Å². The van der Waals surface area contributed by atoms with Crippen LogP contribution in [-0.4, -0.2) is 50.5 Å². The van der Waals surface area contributed by atoms with Crippen molar-refractivity contribution >= 4 is 40.2 Å². The Labute approximate surface area is 204 Å². The van der Waals surface area contributed by atoms with Crippen LogP contribution in [0.25, 0.3) is 5.69 Å². The third-order valence-electron chi connectivity index (χ3n) is 4.00. The SMILES string of the molecule is CC(=O)Nc1nnc(SCc2ccc(-n3ccnc3)c(F)c2OCCNC(=O)OC(C)(C)C)s1. The summed E-state index contributed by atoms with van der Waals surface area (Å²) in [6.45, 7) is 6.85.